The van der Waals surface area contributed by atoms with Crippen LogP contribution in [0.25, 0.3) is 0 Å². The first kappa shape index (κ1) is 10.3. The normalized spacial score (nSPS) is 12.3. The van der Waals surface area contributed by atoms with Gasteiger partial charge in [-0.3, -0.25) is 4.79 Å². The van der Waals surface area contributed by atoms with Crippen molar-refractivity contribution in [3.8, 4) is 0 Å². The van der Waals surface area contributed by atoms with E-state index in [4.69, 9.17) is 21.8 Å². The first-order valence-electron chi connectivity index (χ1n) is 3.08. The molecule has 5 N–H and O–H groups in total. The summed E-state index contributed by atoms with van der Waals surface area (Å²) in [5.41, 5.74) is 10.2. The summed E-state index contributed by atoms with van der Waals surface area (Å²) in [4.78, 5) is 10.7. The van der Waals surface area contributed by atoms with Gasteiger partial charge >= 0.3 is 6.02 Å². The predicted molar refractivity (Wildman–Crippen MR) is 41.1 cm³/mol. The first-order chi connectivity index (χ1) is 5.44. The van der Waals surface area contributed by atoms with Gasteiger partial charge < -0.3 is 16.3 Å². The summed E-state index contributed by atoms with van der Waals surface area (Å²) in [6.45, 7) is 2.84. The third-order valence-electron chi connectivity index (χ3n) is 1.15. The van der Waals surface area contributed by atoms with E-state index in [-0.39, 0.29) is 6.02 Å². The van der Waals surface area contributed by atoms with E-state index in [0.717, 1.165) is 0 Å². The fourth-order valence-electron chi connectivity index (χ4n) is 0.357. The van der Waals surface area contributed by atoms with Crippen molar-refractivity contribution in [3.05, 3.63) is 0 Å². The van der Waals surface area contributed by atoms with Crippen molar-refractivity contribution < 1.29 is 9.53 Å². The number of rotatable bonds is 2. The lowest BCUT2D eigenvalue weighted by molar-refractivity contribution is -0.131. The number of carbonyl (C=O) groups is 1. The van der Waals surface area contributed by atoms with Gasteiger partial charge in [0.05, 0.1) is 0 Å². The van der Waals surface area contributed by atoms with Crippen molar-refractivity contribution in [2.24, 2.45) is 21.8 Å². The molecule has 0 aliphatic carbocycles. The molecule has 7 heteroatoms. The standard InChI is InChI=1S/C5H11N5O2/c1-5(2,3(6)11)12-4(9-7)10-8/h7H,8H2,1-2H3,(H2,6,11). The van der Waals surface area contributed by atoms with Crippen LogP contribution in [0.5, 0.6) is 0 Å². The van der Waals surface area contributed by atoms with Gasteiger partial charge in [0.15, 0.2) is 5.60 Å². The first-order valence-corrected chi connectivity index (χ1v) is 3.08. The summed E-state index contributed by atoms with van der Waals surface area (Å²) in [7, 11) is 0. The van der Waals surface area contributed by atoms with Crippen molar-refractivity contribution in [2.45, 2.75) is 19.4 Å². The van der Waals surface area contributed by atoms with Crippen LogP contribution in [0.2, 0.25) is 0 Å². The van der Waals surface area contributed by atoms with Crippen LogP contribution < -0.4 is 11.6 Å². The molecule has 0 aromatic rings. The number of amidine groups is 1. The number of nitrogens with two attached hydrogens (primary N) is 2. The Hall–Kier alpha value is -1.66. The molecule has 12 heavy (non-hydrogen) atoms. The van der Waals surface area contributed by atoms with E-state index >= 15 is 0 Å². The van der Waals surface area contributed by atoms with Gasteiger partial charge in [0, 0.05) is 0 Å². The molecule has 1 amide bonds. The van der Waals surface area contributed by atoms with Crippen LogP contribution >= 0.6 is 0 Å². The third-order valence-corrected chi connectivity index (χ3v) is 1.15. The van der Waals surface area contributed by atoms with Crippen molar-refractivity contribution in [1.82, 2.24) is 0 Å². The van der Waals surface area contributed by atoms with E-state index < -0.39 is 11.5 Å². The molecule has 0 unspecified atom stereocenters. The summed E-state index contributed by atoms with van der Waals surface area (Å²) >= 11 is 0. The Kier molecular flexibility index (Phi) is 3.15. The quantitative estimate of drug-likeness (QED) is 0.172. The van der Waals surface area contributed by atoms with E-state index in [9.17, 15) is 4.79 Å². The number of nitrogens with one attached hydrogen (secondary N) is 1. The number of carbonyl (C=O) groups excluding carboxylic acids is 1. The number of nitrogens with zero attached hydrogens (tertiary/aromatic N) is 2. The van der Waals surface area contributed by atoms with Crippen LogP contribution in [0.15, 0.2) is 10.2 Å². The Morgan fingerprint density at radius 1 is 1.58 bits per heavy atom. The molecule has 0 aromatic heterocycles. The van der Waals surface area contributed by atoms with Crippen molar-refractivity contribution in [3.63, 3.8) is 0 Å². The van der Waals surface area contributed by atoms with E-state index in [0.29, 0.717) is 0 Å². The fraction of sp³-hybridized carbons (Fsp3) is 0.600. The average molecular weight is 173 g/mol. The predicted octanol–water partition coefficient (Wildman–Crippen LogP) is -0.472. The van der Waals surface area contributed by atoms with Gasteiger partial charge in [0.25, 0.3) is 5.91 Å². The molecule has 7 nitrogen and oxygen atoms in total. The molecule has 0 aromatic carbocycles. The fourth-order valence-corrected chi connectivity index (χ4v) is 0.357. The molecule has 0 atom stereocenters. The molecule has 0 heterocycles. The van der Waals surface area contributed by atoms with Gasteiger partial charge in [-0.1, -0.05) is 5.11 Å². The maximum absolute atomic E-state index is 10.7. The molecule has 0 saturated heterocycles. The number of hydrogen-bond acceptors (Lipinski definition) is 5. The highest BCUT2D eigenvalue weighted by molar-refractivity contribution is 5.86. The molecule has 0 aliphatic heterocycles. The summed E-state index contributed by atoms with van der Waals surface area (Å²) in [5.74, 6) is 4.10. The van der Waals surface area contributed by atoms with Crippen molar-refractivity contribution in [2.75, 3.05) is 0 Å². The Balaban J connectivity index is 4.43. The molecule has 0 fully saturated rings. The van der Waals surface area contributed by atoms with Crippen LogP contribution in [0.1, 0.15) is 13.8 Å². The Labute approximate surface area is 69.3 Å². The second kappa shape index (κ2) is 3.65. The molecule has 0 aliphatic rings. The maximum Gasteiger partial charge on any atom is 0.352 e. The molecule has 0 rings (SSSR count). The van der Waals surface area contributed by atoms with Crippen LogP contribution in [0.4, 0.5) is 0 Å². The maximum atomic E-state index is 10.7. The third kappa shape index (κ3) is 2.52. The molecule has 0 saturated carbocycles. The van der Waals surface area contributed by atoms with Crippen molar-refractivity contribution >= 4 is 11.9 Å². The van der Waals surface area contributed by atoms with Gasteiger partial charge in [-0.2, -0.15) is 5.53 Å². The van der Waals surface area contributed by atoms with E-state index in [1.165, 1.54) is 13.8 Å². The number of hydrazone groups is 1. The molecule has 0 spiro atoms. The number of primary amides is 1. The lowest BCUT2D eigenvalue weighted by atomic mass is 10.1. The summed E-state index contributed by atoms with van der Waals surface area (Å²) in [5, 5.41) is 5.83. The number of amides is 1. The molecular weight excluding hydrogens is 162 g/mol. The summed E-state index contributed by atoms with van der Waals surface area (Å²) < 4.78 is 4.79. The Bertz CT molecular complexity index is 222. The van der Waals surface area contributed by atoms with Crippen molar-refractivity contribution in [1.29, 1.82) is 5.53 Å². The topological polar surface area (TPSA) is 127 Å². The zero-order valence-corrected chi connectivity index (χ0v) is 6.87. The van der Waals surface area contributed by atoms with Gasteiger partial charge in [-0.25, -0.2) is 0 Å². The Morgan fingerprint density at radius 2 is 2.08 bits per heavy atom. The lowest BCUT2D eigenvalue weighted by Crippen LogP contribution is -2.42. The van der Waals surface area contributed by atoms with Gasteiger partial charge in [-0.05, 0) is 13.8 Å². The highest BCUT2D eigenvalue weighted by Crippen LogP contribution is 2.08. The lowest BCUT2D eigenvalue weighted by Gasteiger charge is -2.20. The number of hydrogen-bond donors (Lipinski definition) is 3. The summed E-state index contributed by atoms with van der Waals surface area (Å²) in [6, 6.07) is -0.390. The highest BCUT2D eigenvalue weighted by Gasteiger charge is 2.28. The minimum atomic E-state index is -1.26. The van der Waals surface area contributed by atoms with Crippen LogP contribution in [-0.4, -0.2) is 17.5 Å². The van der Waals surface area contributed by atoms with Gasteiger partial charge in [0.2, 0.25) is 0 Å². The minimum Gasteiger partial charge on any atom is -0.445 e. The largest absolute Gasteiger partial charge is 0.445 e. The van der Waals surface area contributed by atoms with E-state index in [1.807, 2.05) is 0 Å². The van der Waals surface area contributed by atoms with Gasteiger partial charge in [0.1, 0.15) is 0 Å². The van der Waals surface area contributed by atoms with Crippen LogP contribution in [0.3, 0.4) is 0 Å². The minimum absolute atomic E-state index is 0.390. The highest BCUT2D eigenvalue weighted by atomic mass is 16.5. The summed E-state index contributed by atoms with van der Waals surface area (Å²) in [6.07, 6.45) is 0. The van der Waals surface area contributed by atoms with Crippen LogP contribution in [-0.2, 0) is 9.53 Å². The van der Waals surface area contributed by atoms with E-state index in [2.05, 4.69) is 10.2 Å². The molecular formula is C5H11N5O2. The number of ether oxygens (including phenoxy) is 1. The molecule has 0 bridgehead atoms. The monoisotopic (exact) mass is 173 g/mol. The second-order valence-electron chi connectivity index (χ2n) is 2.50. The average Bonchev–Trinajstić information content (AvgIpc) is 2.00. The zero-order valence-electron chi connectivity index (χ0n) is 6.87. The Morgan fingerprint density at radius 3 is 2.33 bits per heavy atom. The second-order valence-corrected chi connectivity index (χ2v) is 2.50. The van der Waals surface area contributed by atoms with E-state index in [1.54, 1.807) is 0 Å². The van der Waals surface area contributed by atoms with Gasteiger partial charge in [-0.15, -0.1) is 5.10 Å². The SMILES string of the molecule is CC(C)(OC(N=N)=NN)C(N)=O. The zero-order chi connectivity index (χ0) is 9.78. The smallest absolute Gasteiger partial charge is 0.352 e. The molecule has 0 radical (unpaired) electrons. The van der Waals surface area contributed by atoms with Crippen LogP contribution in [0, 0.1) is 5.53 Å². The molecule has 68 valence electrons.